The van der Waals surface area contributed by atoms with E-state index in [-0.39, 0.29) is 5.91 Å². The number of para-hydroxylation sites is 1. The largest absolute Gasteiger partial charge is 0.398 e. The Morgan fingerprint density at radius 1 is 0.957 bits per heavy atom. The van der Waals surface area contributed by atoms with E-state index in [0.29, 0.717) is 5.69 Å². The Morgan fingerprint density at radius 2 is 1.74 bits per heavy atom. The van der Waals surface area contributed by atoms with Gasteiger partial charge in [0, 0.05) is 16.8 Å². The van der Waals surface area contributed by atoms with Gasteiger partial charge in [-0.1, -0.05) is 55.8 Å². The van der Waals surface area contributed by atoms with Crippen molar-refractivity contribution in [2.24, 2.45) is 0 Å². The molecule has 0 saturated heterocycles. The van der Waals surface area contributed by atoms with Gasteiger partial charge in [-0.05, 0) is 35.6 Å². The molecule has 3 rings (SSSR count). The fourth-order valence-electron chi connectivity index (χ4n) is 2.89. The molecule has 3 aromatic rings. The summed E-state index contributed by atoms with van der Waals surface area (Å²) < 4.78 is 0. The van der Waals surface area contributed by atoms with Crippen LogP contribution < -0.4 is 11.1 Å². The molecule has 3 heteroatoms. The van der Waals surface area contributed by atoms with E-state index in [1.165, 1.54) is 0 Å². The Kier molecular flexibility index (Phi) is 4.29. The Labute approximate surface area is 136 Å². The van der Waals surface area contributed by atoms with Crippen LogP contribution in [0.2, 0.25) is 0 Å². The van der Waals surface area contributed by atoms with Crippen LogP contribution in [-0.2, 0) is 6.42 Å². The second kappa shape index (κ2) is 6.53. The third-order valence-electron chi connectivity index (χ3n) is 3.96. The van der Waals surface area contributed by atoms with Gasteiger partial charge in [0.15, 0.2) is 0 Å². The number of nitrogens with one attached hydrogen (secondary N) is 1. The van der Waals surface area contributed by atoms with Crippen molar-refractivity contribution in [1.29, 1.82) is 0 Å². The first-order valence-corrected chi connectivity index (χ1v) is 7.87. The van der Waals surface area contributed by atoms with Crippen LogP contribution in [-0.4, -0.2) is 5.91 Å². The van der Waals surface area contributed by atoms with Crippen molar-refractivity contribution in [3.63, 3.8) is 0 Å². The van der Waals surface area contributed by atoms with Crippen molar-refractivity contribution in [2.45, 2.75) is 19.8 Å². The maximum Gasteiger partial charge on any atom is 0.256 e. The standard InChI is InChI=1S/C20H20N2O/c1-2-7-14-12-13-16-17(10-6-11-18(16)21)19(14)20(23)22-15-8-4-3-5-9-15/h3-6,8-13H,2,7,21H2,1H3,(H,22,23). The number of nitrogens with two attached hydrogens (primary N) is 1. The highest BCUT2D eigenvalue weighted by atomic mass is 16.1. The summed E-state index contributed by atoms with van der Waals surface area (Å²) in [6, 6.07) is 19.3. The van der Waals surface area contributed by atoms with Crippen LogP contribution in [0.4, 0.5) is 11.4 Å². The molecule has 0 fully saturated rings. The molecule has 0 saturated carbocycles. The predicted molar refractivity (Wildman–Crippen MR) is 96.8 cm³/mol. The van der Waals surface area contributed by atoms with Gasteiger partial charge in [-0.3, -0.25) is 4.79 Å². The Hall–Kier alpha value is -2.81. The van der Waals surface area contributed by atoms with Gasteiger partial charge in [0.2, 0.25) is 0 Å². The number of hydrogen-bond donors (Lipinski definition) is 2. The molecule has 0 heterocycles. The van der Waals surface area contributed by atoms with Gasteiger partial charge in [-0.2, -0.15) is 0 Å². The Morgan fingerprint density at radius 3 is 2.48 bits per heavy atom. The third-order valence-corrected chi connectivity index (χ3v) is 3.96. The fraction of sp³-hybridized carbons (Fsp3) is 0.150. The number of benzene rings is 3. The van der Waals surface area contributed by atoms with E-state index in [4.69, 9.17) is 5.73 Å². The van der Waals surface area contributed by atoms with Crippen LogP contribution in [0.3, 0.4) is 0 Å². The zero-order valence-corrected chi connectivity index (χ0v) is 13.2. The maximum atomic E-state index is 12.9. The topological polar surface area (TPSA) is 55.1 Å². The summed E-state index contributed by atoms with van der Waals surface area (Å²) in [6.45, 7) is 2.11. The molecule has 0 bridgehead atoms. The number of carbonyl (C=O) groups is 1. The minimum absolute atomic E-state index is 0.0872. The van der Waals surface area contributed by atoms with Crippen molar-refractivity contribution >= 4 is 28.1 Å². The summed E-state index contributed by atoms with van der Waals surface area (Å²) >= 11 is 0. The van der Waals surface area contributed by atoms with Gasteiger partial charge in [0.25, 0.3) is 5.91 Å². The molecule has 0 spiro atoms. The van der Waals surface area contributed by atoms with Gasteiger partial charge in [0.05, 0.1) is 5.56 Å². The maximum absolute atomic E-state index is 12.9. The summed E-state index contributed by atoms with van der Waals surface area (Å²) in [5, 5.41) is 4.82. The summed E-state index contributed by atoms with van der Waals surface area (Å²) in [4.78, 5) is 12.9. The highest BCUT2D eigenvalue weighted by Gasteiger charge is 2.16. The Balaban J connectivity index is 2.11. The van der Waals surface area contributed by atoms with Gasteiger partial charge < -0.3 is 11.1 Å². The SMILES string of the molecule is CCCc1ccc2c(N)cccc2c1C(=O)Nc1ccccc1. The third kappa shape index (κ3) is 3.04. The van der Waals surface area contributed by atoms with E-state index in [9.17, 15) is 4.79 Å². The zero-order valence-electron chi connectivity index (χ0n) is 13.2. The van der Waals surface area contributed by atoms with Crippen LogP contribution in [0.15, 0.2) is 60.7 Å². The summed E-state index contributed by atoms with van der Waals surface area (Å²) in [5.41, 5.74) is 9.33. The quantitative estimate of drug-likeness (QED) is 0.691. The first-order chi connectivity index (χ1) is 11.2. The number of hydrogen-bond acceptors (Lipinski definition) is 2. The second-order valence-corrected chi connectivity index (χ2v) is 5.61. The van der Waals surface area contributed by atoms with E-state index in [1.807, 2.05) is 60.7 Å². The van der Waals surface area contributed by atoms with E-state index < -0.39 is 0 Å². The molecule has 1 amide bonds. The van der Waals surface area contributed by atoms with Crippen molar-refractivity contribution in [3.8, 4) is 0 Å². The average Bonchev–Trinajstić information content (AvgIpc) is 2.56. The fourth-order valence-corrected chi connectivity index (χ4v) is 2.89. The zero-order chi connectivity index (χ0) is 16.2. The molecule has 0 radical (unpaired) electrons. The number of anilines is 2. The summed E-state index contributed by atoms with van der Waals surface area (Å²) in [6.07, 6.45) is 1.85. The van der Waals surface area contributed by atoms with Crippen molar-refractivity contribution in [3.05, 3.63) is 71.8 Å². The summed E-state index contributed by atoms with van der Waals surface area (Å²) in [5.74, 6) is -0.0872. The highest BCUT2D eigenvalue weighted by Crippen LogP contribution is 2.28. The number of amides is 1. The minimum Gasteiger partial charge on any atom is -0.398 e. The molecule has 3 nitrogen and oxygen atoms in total. The molecule has 0 aliphatic heterocycles. The lowest BCUT2D eigenvalue weighted by Crippen LogP contribution is -2.15. The van der Waals surface area contributed by atoms with Crippen LogP contribution in [0.5, 0.6) is 0 Å². The molecule has 0 atom stereocenters. The van der Waals surface area contributed by atoms with Gasteiger partial charge in [0.1, 0.15) is 0 Å². The molecule has 0 aliphatic carbocycles. The Bertz CT molecular complexity index is 841. The average molecular weight is 304 g/mol. The van der Waals surface area contributed by atoms with Crippen LogP contribution in [0.25, 0.3) is 10.8 Å². The van der Waals surface area contributed by atoms with Crippen LogP contribution in [0, 0.1) is 0 Å². The van der Waals surface area contributed by atoms with Gasteiger partial charge in [-0.15, -0.1) is 0 Å². The van der Waals surface area contributed by atoms with Crippen LogP contribution in [0.1, 0.15) is 29.3 Å². The number of carbonyl (C=O) groups excluding carboxylic acids is 1. The molecule has 116 valence electrons. The molecular formula is C20H20N2O. The van der Waals surface area contributed by atoms with E-state index in [2.05, 4.69) is 12.2 Å². The van der Waals surface area contributed by atoms with Crippen molar-refractivity contribution in [2.75, 3.05) is 11.1 Å². The van der Waals surface area contributed by atoms with E-state index in [1.54, 1.807) is 0 Å². The lowest BCUT2D eigenvalue weighted by atomic mass is 9.95. The number of nitrogen functional groups attached to an aromatic ring is 1. The lowest BCUT2D eigenvalue weighted by molar-refractivity contribution is 0.102. The van der Waals surface area contributed by atoms with Crippen LogP contribution >= 0.6 is 0 Å². The second-order valence-electron chi connectivity index (χ2n) is 5.61. The summed E-state index contributed by atoms with van der Waals surface area (Å²) in [7, 11) is 0. The highest BCUT2D eigenvalue weighted by molar-refractivity contribution is 6.15. The monoisotopic (exact) mass is 304 g/mol. The van der Waals surface area contributed by atoms with Crippen molar-refractivity contribution < 1.29 is 4.79 Å². The minimum atomic E-state index is -0.0872. The lowest BCUT2D eigenvalue weighted by Gasteiger charge is -2.14. The molecular weight excluding hydrogens is 284 g/mol. The van der Waals surface area contributed by atoms with E-state index >= 15 is 0 Å². The molecule has 23 heavy (non-hydrogen) atoms. The number of aryl methyl sites for hydroxylation is 1. The smallest absolute Gasteiger partial charge is 0.256 e. The molecule has 0 aliphatic rings. The molecule has 3 aromatic carbocycles. The van der Waals surface area contributed by atoms with E-state index in [0.717, 1.165) is 40.4 Å². The molecule has 0 unspecified atom stereocenters. The normalized spacial score (nSPS) is 10.7. The first kappa shape index (κ1) is 15.1. The van der Waals surface area contributed by atoms with Gasteiger partial charge >= 0.3 is 0 Å². The first-order valence-electron chi connectivity index (χ1n) is 7.87. The predicted octanol–water partition coefficient (Wildman–Crippen LogP) is 4.63. The van der Waals surface area contributed by atoms with Gasteiger partial charge in [-0.25, -0.2) is 0 Å². The number of rotatable bonds is 4. The number of fused-ring (bicyclic) bond motifs is 1. The molecule has 3 N–H and O–H groups in total. The molecule has 0 aromatic heterocycles. The van der Waals surface area contributed by atoms with Crippen molar-refractivity contribution in [1.82, 2.24) is 0 Å².